The van der Waals surface area contributed by atoms with E-state index in [0.29, 0.717) is 41.4 Å². The summed E-state index contributed by atoms with van der Waals surface area (Å²) < 4.78 is 11.2. The van der Waals surface area contributed by atoms with Crippen molar-refractivity contribution in [3.05, 3.63) is 99.6 Å². The van der Waals surface area contributed by atoms with Crippen molar-refractivity contribution in [3.8, 4) is 11.5 Å². The fourth-order valence-electron chi connectivity index (χ4n) is 3.48. The number of rotatable bonds is 6. The number of nitrogens with zero attached hydrogens (tertiary/aromatic N) is 1. The van der Waals surface area contributed by atoms with Gasteiger partial charge in [-0.3, -0.25) is 14.9 Å². The standard InChI is InChI=1S/C25H22N2O5/c1-17(20-10-11-23-24(16-20)32-13-12-31-23)26-25(28)22(19-7-3-2-4-8-19)15-18-6-5-9-21(14-18)27(29)30/h2-11,14-17H,12-13H2,1H3,(H,26,28)/b22-15+/t17-/m0/s1. The lowest BCUT2D eigenvalue weighted by Crippen LogP contribution is -2.27. The van der Waals surface area contributed by atoms with E-state index < -0.39 is 4.92 Å². The van der Waals surface area contributed by atoms with Gasteiger partial charge in [0.2, 0.25) is 0 Å². The molecule has 4 rings (SSSR count). The average Bonchev–Trinajstić information content (AvgIpc) is 2.82. The van der Waals surface area contributed by atoms with Crippen LogP contribution in [-0.4, -0.2) is 24.0 Å². The van der Waals surface area contributed by atoms with Gasteiger partial charge in [-0.2, -0.15) is 0 Å². The average molecular weight is 430 g/mol. The number of fused-ring (bicyclic) bond motifs is 1. The third-order valence-corrected chi connectivity index (χ3v) is 5.14. The predicted octanol–water partition coefficient (Wildman–Crippen LogP) is 4.78. The fraction of sp³-hybridized carbons (Fsp3) is 0.160. The van der Waals surface area contributed by atoms with Crippen molar-refractivity contribution in [1.29, 1.82) is 0 Å². The third-order valence-electron chi connectivity index (χ3n) is 5.14. The van der Waals surface area contributed by atoms with E-state index in [1.54, 1.807) is 18.2 Å². The first-order valence-electron chi connectivity index (χ1n) is 10.2. The molecule has 1 heterocycles. The highest BCUT2D eigenvalue weighted by atomic mass is 16.6. The fourth-order valence-corrected chi connectivity index (χ4v) is 3.48. The predicted molar refractivity (Wildman–Crippen MR) is 121 cm³/mol. The molecule has 32 heavy (non-hydrogen) atoms. The molecule has 0 aromatic heterocycles. The highest BCUT2D eigenvalue weighted by Crippen LogP contribution is 2.33. The summed E-state index contributed by atoms with van der Waals surface area (Å²) in [5.74, 6) is 1.06. The Kier molecular flexibility index (Phi) is 6.17. The van der Waals surface area contributed by atoms with Crippen molar-refractivity contribution in [2.24, 2.45) is 0 Å². The molecule has 1 N–H and O–H groups in total. The van der Waals surface area contributed by atoms with Crippen molar-refractivity contribution < 1.29 is 19.2 Å². The lowest BCUT2D eigenvalue weighted by molar-refractivity contribution is -0.384. The summed E-state index contributed by atoms with van der Waals surface area (Å²) in [5.41, 5.74) is 2.54. The second-order valence-corrected chi connectivity index (χ2v) is 7.37. The summed E-state index contributed by atoms with van der Waals surface area (Å²) in [6, 6.07) is 20.7. The Morgan fingerprint density at radius 3 is 2.50 bits per heavy atom. The number of hydrogen-bond donors (Lipinski definition) is 1. The zero-order chi connectivity index (χ0) is 22.5. The molecule has 3 aromatic carbocycles. The van der Waals surface area contributed by atoms with Gasteiger partial charge < -0.3 is 14.8 Å². The monoisotopic (exact) mass is 430 g/mol. The maximum Gasteiger partial charge on any atom is 0.270 e. The summed E-state index contributed by atoms with van der Waals surface area (Å²) in [6.45, 7) is 2.89. The number of benzene rings is 3. The van der Waals surface area contributed by atoms with E-state index in [-0.39, 0.29) is 17.6 Å². The maximum absolute atomic E-state index is 13.3. The van der Waals surface area contributed by atoms with Gasteiger partial charge in [-0.25, -0.2) is 0 Å². The number of nitrogens with one attached hydrogen (secondary N) is 1. The summed E-state index contributed by atoms with van der Waals surface area (Å²) in [7, 11) is 0. The lowest BCUT2D eigenvalue weighted by Gasteiger charge is -2.21. The maximum atomic E-state index is 13.3. The molecule has 1 atom stereocenters. The summed E-state index contributed by atoms with van der Waals surface area (Å²) in [4.78, 5) is 23.9. The molecule has 0 radical (unpaired) electrons. The van der Waals surface area contributed by atoms with E-state index >= 15 is 0 Å². The number of carbonyl (C=O) groups excluding carboxylic acids is 1. The molecule has 1 aliphatic heterocycles. The van der Waals surface area contributed by atoms with Gasteiger partial charge in [-0.05, 0) is 41.8 Å². The van der Waals surface area contributed by atoms with Crippen LogP contribution in [0.15, 0.2) is 72.8 Å². The topological polar surface area (TPSA) is 90.7 Å². The number of ether oxygens (including phenoxy) is 2. The highest BCUT2D eigenvalue weighted by Gasteiger charge is 2.19. The van der Waals surface area contributed by atoms with Crippen LogP contribution in [0.5, 0.6) is 11.5 Å². The molecular weight excluding hydrogens is 408 g/mol. The smallest absolute Gasteiger partial charge is 0.270 e. The molecule has 0 saturated carbocycles. The van der Waals surface area contributed by atoms with Gasteiger partial charge in [-0.15, -0.1) is 0 Å². The van der Waals surface area contributed by atoms with Crippen LogP contribution in [0.4, 0.5) is 5.69 Å². The molecule has 1 aliphatic rings. The Bertz CT molecular complexity index is 1170. The van der Waals surface area contributed by atoms with E-state index in [2.05, 4.69) is 5.32 Å². The van der Waals surface area contributed by atoms with Crippen LogP contribution in [0.2, 0.25) is 0 Å². The Morgan fingerprint density at radius 1 is 1.00 bits per heavy atom. The van der Waals surface area contributed by atoms with Gasteiger partial charge in [0, 0.05) is 17.7 Å². The molecule has 3 aromatic rings. The van der Waals surface area contributed by atoms with E-state index in [1.165, 1.54) is 12.1 Å². The number of hydrogen-bond acceptors (Lipinski definition) is 5. The Hall–Kier alpha value is -4.13. The van der Waals surface area contributed by atoms with Crippen molar-refractivity contribution in [2.75, 3.05) is 13.2 Å². The second kappa shape index (κ2) is 9.34. The first-order chi connectivity index (χ1) is 15.5. The zero-order valence-corrected chi connectivity index (χ0v) is 17.5. The van der Waals surface area contributed by atoms with Crippen LogP contribution in [0.3, 0.4) is 0 Å². The summed E-state index contributed by atoms with van der Waals surface area (Å²) >= 11 is 0. The van der Waals surface area contributed by atoms with Crippen molar-refractivity contribution >= 4 is 23.2 Å². The number of non-ortho nitro benzene ring substituents is 1. The molecule has 0 bridgehead atoms. The number of amides is 1. The molecule has 1 amide bonds. The van der Waals surface area contributed by atoms with E-state index in [9.17, 15) is 14.9 Å². The van der Waals surface area contributed by atoms with E-state index in [0.717, 1.165) is 5.56 Å². The van der Waals surface area contributed by atoms with Gasteiger partial charge in [0.1, 0.15) is 13.2 Å². The van der Waals surface area contributed by atoms with Crippen molar-refractivity contribution in [2.45, 2.75) is 13.0 Å². The largest absolute Gasteiger partial charge is 0.486 e. The van der Waals surface area contributed by atoms with Crippen LogP contribution >= 0.6 is 0 Å². The Balaban J connectivity index is 1.62. The van der Waals surface area contributed by atoms with Gasteiger partial charge in [0.15, 0.2) is 11.5 Å². The molecule has 0 saturated heterocycles. The Labute approximate surface area is 185 Å². The molecule has 0 fully saturated rings. The first-order valence-corrected chi connectivity index (χ1v) is 10.2. The third kappa shape index (κ3) is 4.78. The van der Waals surface area contributed by atoms with Gasteiger partial charge in [0.05, 0.1) is 11.0 Å². The van der Waals surface area contributed by atoms with E-state index in [4.69, 9.17) is 9.47 Å². The minimum absolute atomic E-state index is 0.0313. The normalized spacial score (nSPS) is 13.8. The van der Waals surface area contributed by atoms with Crippen molar-refractivity contribution in [3.63, 3.8) is 0 Å². The van der Waals surface area contributed by atoms with Gasteiger partial charge in [0.25, 0.3) is 11.6 Å². The second-order valence-electron chi connectivity index (χ2n) is 7.37. The van der Waals surface area contributed by atoms with E-state index in [1.807, 2.05) is 55.5 Å². The number of nitro groups is 1. The molecular formula is C25H22N2O5. The van der Waals surface area contributed by atoms with Crippen molar-refractivity contribution in [1.82, 2.24) is 5.32 Å². The minimum atomic E-state index is -0.455. The molecule has 0 spiro atoms. The molecule has 0 aliphatic carbocycles. The molecule has 7 nitrogen and oxygen atoms in total. The van der Waals surface area contributed by atoms with Crippen LogP contribution in [-0.2, 0) is 4.79 Å². The summed E-state index contributed by atoms with van der Waals surface area (Å²) in [5, 5.41) is 14.2. The SMILES string of the molecule is C[C@H](NC(=O)/C(=C/c1cccc([N+](=O)[O-])c1)c1ccccc1)c1ccc2c(c1)OCCO2. The van der Waals surface area contributed by atoms with Gasteiger partial charge in [-0.1, -0.05) is 48.5 Å². The Morgan fingerprint density at radius 2 is 1.75 bits per heavy atom. The summed E-state index contributed by atoms with van der Waals surface area (Å²) in [6.07, 6.45) is 1.66. The minimum Gasteiger partial charge on any atom is -0.486 e. The highest BCUT2D eigenvalue weighted by molar-refractivity contribution is 6.24. The molecule has 7 heteroatoms. The van der Waals surface area contributed by atoms with Crippen LogP contribution in [0, 0.1) is 10.1 Å². The number of nitro benzene ring substituents is 1. The lowest BCUT2D eigenvalue weighted by atomic mass is 10.0. The molecule has 0 unspecified atom stereocenters. The zero-order valence-electron chi connectivity index (χ0n) is 17.5. The molecule has 162 valence electrons. The van der Waals surface area contributed by atoms with Crippen LogP contribution in [0.25, 0.3) is 11.6 Å². The van der Waals surface area contributed by atoms with Gasteiger partial charge >= 0.3 is 0 Å². The quantitative estimate of drug-likeness (QED) is 0.263. The first kappa shape index (κ1) is 21.1. The number of carbonyl (C=O) groups is 1. The van der Waals surface area contributed by atoms with Crippen LogP contribution in [0.1, 0.15) is 29.7 Å². The van der Waals surface area contributed by atoms with Crippen LogP contribution < -0.4 is 14.8 Å².